The number of halogens is 4. The number of aldehydes is 1. The van der Waals surface area contributed by atoms with E-state index < -0.39 is 11.9 Å². The third kappa shape index (κ3) is 3.16. The minimum absolute atomic E-state index is 0.120. The first-order valence-electron chi connectivity index (χ1n) is 8.42. The van der Waals surface area contributed by atoms with Gasteiger partial charge in [0.15, 0.2) is 17.7 Å². The number of alkyl halides is 3. The van der Waals surface area contributed by atoms with Crippen LogP contribution in [0, 0.1) is 0 Å². The van der Waals surface area contributed by atoms with E-state index in [0.29, 0.717) is 53.3 Å². The molecule has 0 saturated heterocycles. The molecule has 140 valence electrons. The Hall–Kier alpha value is -2.54. The van der Waals surface area contributed by atoms with Crippen molar-refractivity contribution in [2.24, 2.45) is 0 Å². The minimum Gasteiger partial charge on any atom is -0.453 e. The van der Waals surface area contributed by atoms with Crippen molar-refractivity contribution in [3.63, 3.8) is 0 Å². The Labute approximate surface area is 157 Å². The molecule has 4 nitrogen and oxygen atoms in total. The molecule has 0 aliphatic heterocycles. The second-order valence-corrected chi connectivity index (χ2v) is 6.81. The maximum Gasteiger partial charge on any atom is 0.435 e. The normalized spacial score (nSPS) is 14.2. The van der Waals surface area contributed by atoms with Gasteiger partial charge in [-0.3, -0.25) is 4.79 Å². The molecule has 0 unspecified atom stereocenters. The van der Waals surface area contributed by atoms with Crippen LogP contribution in [-0.4, -0.2) is 16.1 Å². The van der Waals surface area contributed by atoms with E-state index in [4.69, 9.17) is 16.0 Å². The fourth-order valence-electron chi connectivity index (χ4n) is 3.48. The molecule has 0 spiro atoms. The molecule has 2 heterocycles. The average Bonchev–Trinajstić information content (AvgIpc) is 3.26. The van der Waals surface area contributed by atoms with E-state index in [1.54, 1.807) is 24.3 Å². The topological polar surface area (TPSA) is 48.0 Å². The molecule has 0 bridgehead atoms. The SMILES string of the molecule is O=Cc1ccc(-c2cc(Cl)ccc2-n2nc(C(F)(F)F)c3c2CCCC3)o1. The largest absolute Gasteiger partial charge is 0.453 e. The number of rotatable bonds is 3. The van der Waals surface area contributed by atoms with Crippen LogP contribution >= 0.6 is 11.6 Å². The maximum absolute atomic E-state index is 13.5. The van der Waals surface area contributed by atoms with Crippen molar-refractivity contribution in [2.45, 2.75) is 31.9 Å². The molecular formula is C19H14ClF3N2O2. The van der Waals surface area contributed by atoms with Gasteiger partial charge in [0, 0.05) is 21.8 Å². The lowest BCUT2D eigenvalue weighted by Crippen LogP contribution is -2.11. The first kappa shape index (κ1) is 17.9. The molecule has 8 heteroatoms. The summed E-state index contributed by atoms with van der Waals surface area (Å²) in [5.74, 6) is 0.456. The number of nitrogens with zero attached hydrogens (tertiary/aromatic N) is 2. The standard InChI is InChI=1S/C19H14ClF3N2O2/c20-11-5-7-16(14(9-11)17-8-6-12(10-26)27-17)25-15-4-2-1-3-13(15)18(24-25)19(21,22)23/h5-10H,1-4H2. The molecule has 1 aliphatic rings. The zero-order valence-corrected chi connectivity index (χ0v) is 14.8. The Morgan fingerprint density at radius 1 is 1.15 bits per heavy atom. The van der Waals surface area contributed by atoms with Crippen LogP contribution < -0.4 is 0 Å². The Bertz CT molecular complexity index is 1020. The highest BCUT2D eigenvalue weighted by atomic mass is 35.5. The monoisotopic (exact) mass is 394 g/mol. The Balaban J connectivity index is 1.94. The van der Waals surface area contributed by atoms with Gasteiger partial charge in [-0.15, -0.1) is 0 Å². The molecule has 0 atom stereocenters. The molecule has 0 amide bonds. The van der Waals surface area contributed by atoms with Gasteiger partial charge in [0.2, 0.25) is 0 Å². The molecule has 3 aromatic rings. The maximum atomic E-state index is 13.5. The predicted octanol–water partition coefficient (Wildman–Crippen LogP) is 5.50. The minimum atomic E-state index is -4.52. The Kier molecular flexibility index (Phi) is 4.34. The van der Waals surface area contributed by atoms with Crippen LogP contribution in [0.5, 0.6) is 0 Å². The van der Waals surface area contributed by atoms with E-state index in [-0.39, 0.29) is 11.3 Å². The van der Waals surface area contributed by atoms with E-state index in [1.807, 2.05) is 0 Å². The van der Waals surface area contributed by atoms with E-state index in [9.17, 15) is 18.0 Å². The van der Waals surface area contributed by atoms with Crippen molar-refractivity contribution in [1.29, 1.82) is 0 Å². The summed E-state index contributed by atoms with van der Waals surface area (Å²) in [6.45, 7) is 0. The van der Waals surface area contributed by atoms with Crippen molar-refractivity contribution in [3.05, 3.63) is 58.1 Å². The second-order valence-electron chi connectivity index (χ2n) is 6.37. The van der Waals surface area contributed by atoms with Gasteiger partial charge in [-0.25, -0.2) is 4.68 Å². The van der Waals surface area contributed by atoms with Gasteiger partial charge >= 0.3 is 6.18 Å². The highest BCUT2D eigenvalue weighted by Gasteiger charge is 2.40. The second kappa shape index (κ2) is 6.56. The number of furan rings is 1. The van der Waals surface area contributed by atoms with Crippen LogP contribution in [0.4, 0.5) is 13.2 Å². The van der Waals surface area contributed by atoms with Gasteiger partial charge in [0.1, 0.15) is 5.76 Å². The summed E-state index contributed by atoms with van der Waals surface area (Å²) >= 11 is 6.10. The van der Waals surface area contributed by atoms with E-state index in [2.05, 4.69) is 5.10 Å². The summed E-state index contributed by atoms with van der Waals surface area (Å²) in [7, 11) is 0. The van der Waals surface area contributed by atoms with E-state index in [1.165, 1.54) is 10.7 Å². The summed E-state index contributed by atoms with van der Waals surface area (Å²) < 4.78 is 47.3. The van der Waals surface area contributed by atoms with Crippen LogP contribution in [0.2, 0.25) is 5.02 Å². The smallest absolute Gasteiger partial charge is 0.435 e. The number of hydrogen-bond donors (Lipinski definition) is 0. The molecular weight excluding hydrogens is 381 g/mol. The molecule has 4 rings (SSSR count). The first-order valence-corrected chi connectivity index (χ1v) is 8.79. The van der Waals surface area contributed by atoms with Crippen molar-refractivity contribution >= 4 is 17.9 Å². The highest BCUT2D eigenvalue weighted by Crippen LogP contribution is 2.39. The number of fused-ring (bicyclic) bond motifs is 1. The fraction of sp³-hybridized carbons (Fsp3) is 0.263. The summed E-state index contributed by atoms with van der Waals surface area (Å²) in [4.78, 5) is 10.9. The van der Waals surface area contributed by atoms with Crippen LogP contribution in [0.3, 0.4) is 0 Å². The molecule has 2 aromatic heterocycles. The van der Waals surface area contributed by atoms with Crippen LogP contribution in [0.25, 0.3) is 17.0 Å². The molecule has 0 N–H and O–H groups in total. The number of carbonyl (C=O) groups is 1. The Morgan fingerprint density at radius 3 is 2.63 bits per heavy atom. The third-order valence-electron chi connectivity index (χ3n) is 4.64. The lowest BCUT2D eigenvalue weighted by atomic mass is 9.95. The fourth-order valence-corrected chi connectivity index (χ4v) is 3.65. The number of carbonyl (C=O) groups excluding carboxylic acids is 1. The van der Waals surface area contributed by atoms with Crippen LogP contribution in [0.1, 0.15) is 40.3 Å². The van der Waals surface area contributed by atoms with Crippen LogP contribution in [-0.2, 0) is 19.0 Å². The predicted molar refractivity (Wildman–Crippen MR) is 93.3 cm³/mol. The average molecular weight is 395 g/mol. The van der Waals surface area contributed by atoms with E-state index >= 15 is 0 Å². The van der Waals surface area contributed by atoms with Gasteiger partial charge in [0.25, 0.3) is 0 Å². The zero-order chi connectivity index (χ0) is 19.2. The summed E-state index contributed by atoms with van der Waals surface area (Å²) in [6, 6.07) is 7.87. The lowest BCUT2D eigenvalue weighted by molar-refractivity contribution is -0.142. The molecule has 0 saturated carbocycles. The summed E-state index contributed by atoms with van der Waals surface area (Å²) in [5.41, 5.74) is 0.869. The van der Waals surface area contributed by atoms with Gasteiger partial charge in [-0.2, -0.15) is 18.3 Å². The Morgan fingerprint density at radius 2 is 1.93 bits per heavy atom. The molecule has 0 fully saturated rings. The number of aromatic nitrogens is 2. The van der Waals surface area contributed by atoms with E-state index in [0.717, 1.165) is 6.42 Å². The van der Waals surface area contributed by atoms with Crippen LogP contribution in [0.15, 0.2) is 34.7 Å². The number of hydrogen-bond acceptors (Lipinski definition) is 3. The molecule has 27 heavy (non-hydrogen) atoms. The van der Waals surface area contributed by atoms with Crippen molar-refractivity contribution < 1.29 is 22.4 Å². The van der Waals surface area contributed by atoms with Gasteiger partial charge in [0.05, 0.1) is 5.69 Å². The van der Waals surface area contributed by atoms with Crippen molar-refractivity contribution in [2.75, 3.05) is 0 Å². The lowest BCUT2D eigenvalue weighted by Gasteiger charge is -2.16. The zero-order valence-electron chi connectivity index (χ0n) is 14.0. The highest BCUT2D eigenvalue weighted by molar-refractivity contribution is 6.31. The van der Waals surface area contributed by atoms with Gasteiger partial charge < -0.3 is 4.42 Å². The third-order valence-corrected chi connectivity index (χ3v) is 4.88. The number of benzene rings is 1. The molecule has 0 radical (unpaired) electrons. The summed E-state index contributed by atoms with van der Waals surface area (Å²) in [5, 5.41) is 4.31. The van der Waals surface area contributed by atoms with Crippen molar-refractivity contribution in [3.8, 4) is 17.0 Å². The quantitative estimate of drug-likeness (QED) is 0.551. The summed E-state index contributed by atoms with van der Waals surface area (Å²) in [6.07, 6.45) is -1.59. The first-order chi connectivity index (χ1) is 12.9. The van der Waals surface area contributed by atoms with Crippen molar-refractivity contribution in [1.82, 2.24) is 9.78 Å². The van der Waals surface area contributed by atoms with Gasteiger partial charge in [-0.1, -0.05) is 11.6 Å². The van der Waals surface area contributed by atoms with Gasteiger partial charge in [-0.05, 0) is 56.0 Å². The molecule has 1 aromatic carbocycles. The molecule has 1 aliphatic carbocycles.